The van der Waals surface area contributed by atoms with Crippen LogP contribution in [0.1, 0.15) is 27.6 Å². The third-order valence-electron chi connectivity index (χ3n) is 5.97. The number of ether oxygens (including phenoxy) is 2. The summed E-state index contributed by atoms with van der Waals surface area (Å²) in [4.78, 5) is 25.9. The fraction of sp³-hybridized carbons (Fsp3) is 0.100. The number of anilines is 1. The van der Waals surface area contributed by atoms with Crippen molar-refractivity contribution in [3.63, 3.8) is 0 Å². The van der Waals surface area contributed by atoms with Gasteiger partial charge in [0, 0.05) is 22.6 Å². The lowest BCUT2D eigenvalue weighted by atomic mass is 10.00. The monoisotopic (exact) mass is 491 g/mol. The standard InChI is InChI=1S/C30H25N3O4/c1-36-23-14-12-20(13-15-23)18-27(34)31-30-25-17-16-24(19-26(25)32-33-30)37-29(22-10-6-3-7-11-22)28(35)21-8-4-2-5-9-21/h2-17,19,29H,18H2,1H3,(H2,31,32,33,34). The van der Waals surface area contributed by atoms with Gasteiger partial charge < -0.3 is 14.8 Å². The number of hydrogen-bond acceptors (Lipinski definition) is 5. The molecule has 0 bridgehead atoms. The molecule has 0 fully saturated rings. The molecule has 184 valence electrons. The molecule has 0 spiro atoms. The summed E-state index contributed by atoms with van der Waals surface area (Å²) in [5, 5.41) is 10.8. The summed E-state index contributed by atoms with van der Waals surface area (Å²) in [7, 11) is 1.60. The van der Waals surface area contributed by atoms with Gasteiger partial charge in [0.1, 0.15) is 11.5 Å². The maximum atomic E-state index is 13.3. The number of amides is 1. The number of nitrogens with one attached hydrogen (secondary N) is 2. The first-order chi connectivity index (χ1) is 18.1. The third kappa shape index (κ3) is 5.51. The van der Waals surface area contributed by atoms with Gasteiger partial charge in [0.05, 0.1) is 19.0 Å². The van der Waals surface area contributed by atoms with E-state index in [9.17, 15) is 9.59 Å². The van der Waals surface area contributed by atoms with Gasteiger partial charge >= 0.3 is 0 Å². The number of carbonyl (C=O) groups excluding carboxylic acids is 2. The van der Waals surface area contributed by atoms with E-state index in [2.05, 4.69) is 15.5 Å². The van der Waals surface area contributed by atoms with E-state index in [1.807, 2.05) is 78.9 Å². The predicted molar refractivity (Wildman–Crippen MR) is 142 cm³/mol. The first-order valence-electron chi connectivity index (χ1n) is 11.8. The topological polar surface area (TPSA) is 93.3 Å². The minimum absolute atomic E-state index is 0.136. The number of H-pyrrole nitrogens is 1. The minimum atomic E-state index is -0.812. The molecule has 5 aromatic rings. The summed E-state index contributed by atoms with van der Waals surface area (Å²) in [5.74, 6) is 1.35. The Morgan fingerprint density at radius 1 is 0.865 bits per heavy atom. The largest absolute Gasteiger partial charge is 0.497 e. The fourth-order valence-corrected chi connectivity index (χ4v) is 4.06. The Morgan fingerprint density at radius 2 is 1.54 bits per heavy atom. The molecule has 0 aliphatic rings. The molecule has 0 radical (unpaired) electrons. The molecule has 1 atom stereocenters. The van der Waals surface area contributed by atoms with Crippen molar-refractivity contribution in [2.45, 2.75) is 12.5 Å². The summed E-state index contributed by atoms with van der Waals surface area (Å²) >= 11 is 0. The SMILES string of the molecule is COc1ccc(CC(=O)Nc2n[nH]c3cc(OC(C(=O)c4ccccc4)c4ccccc4)ccc23)cc1. The second kappa shape index (κ2) is 10.8. The van der Waals surface area contributed by atoms with Crippen molar-refractivity contribution in [2.75, 3.05) is 12.4 Å². The summed E-state index contributed by atoms with van der Waals surface area (Å²) in [5.41, 5.74) is 2.87. The van der Waals surface area contributed by atoms with E-state index in [-0.39, 0.29) is 18.1 Å². The van der Waals surface area contributed by atoms with E-state index in [1.165, 1.54) is 0 Å². The van der Waals surface area contributed by atoms with Crippen molar-refractivity contribution in [2.24, 2.45) is 0 Å². The number of aromatic amines is 1. The first kappa shape index (κ1) is 23.8. The zero-order valence-electron chi connectivity index (χ0n) is 20.2. The quantitative estimate of drug-likeness (QED) is 0.256. The maximum Gasteiger partial charge on any atom is 0.230 e. The van der Waals surface area contributed by atoms with E-state index in [1.54, 1.807) is 31.4 Å². The van der Waals surface area contributed by atoms with Crippen LogP contribution in [0.2, 0.25) is 0 Å². The van der Waals surface area contributed by atoms with Crippen molar-refractivity contribution in [1.29, 1.82) is 0 Å². The lowest BCUT2D eigenvalue weighted by molar-refractivity contribution is -0.115. The number of ketones is 1. The Morgan fingerprint density at radius 3 is 2.24 bits per heavy atom. The summed E-state index contributed by atoms with van der Waals surface area (Å²) in [6.45, 7) is 0. The minimum Gasteiger partial charge on any atom is -0.497 e. The van der Waals surface area contributed by atoms with Crippen LogP contribution in [0, 0.1) is 0 Å². The summed E-state index contributed by atoms with van der Waals surface area (Å²) < 4.78 is 11.4. The predicted octanol–water partition coefficient (Wildman–Crippen LogP) is 5.76. The highest BCUT2D eigenvalue weighted by molar-refractivity contribution is 6.01. The summed E-state index contributed by atoms with van der Waals surface area (Å²) in [6.07, 6.45) is -0.604. The number of nitrogens with zero attached hydrogens (tertiary/aromatic N) is 1. The van der Waals surface area contributed by atoms with Crippen LogP contribution < -0.4 is 14.8 Å². The molecular weight excluding hydrogens is 466 g/mol. The van der Waals surface area contributed by atoms with Gasteiger partial charge in [-0.2, -0.15) is 5.10 Å². The molecule has 1 amide bonds. The molecule has 0 aliphatic carbocycles. The Hall–Kier alpha value is -4.91. The Bertz CT molecular complexity index is 1510. The number of methoxy groups -OCH3 is 1. The van der Waals surface area contributed by atoms with E-state index < -0.39 is 6.10 Å². The Balaban J connectivity index is 1.34. The Kier molecular flexibility index (Phi) is 6.94. The number of Topliss-reactive ketones (excluding diaryl/α,β-unsaturated/α-hetero) is 1. The third-order valence-corrected chi connectivity index (χ3v) is 5.97. The second-order valence-electron chi connectivity index (χ2n) is 8.49. The number of aromatic nitrogens is 2. The molecule has 2 N–H and O–H groups in total. The van der Waals surface area contributed by atoms with Gasteiger partial charge in [-0.15, -0.1) is 0 Å². The van der Waals surface area contributed by atoms with E-state index in [0.29, 0.717) is 22.6 Å². The van der Waals surface area contributed by atoms with Crippen LogP contribution in [0.5, 0.6) is 11.5 Å². The van der Waals surface area contributed by atoms with Gasteiger partial charge in [0.25, 0.3) is 0 Å². The van der Waals surface area contributed by atoms with Crippen LogP contribution in [-0.2, 0) is 11.2 Å². The molecule has 37 heavy (non-hydrogen) atoms. The highest BCUT2D eigenvalue weighted by Gasteiger charge is 2.24. The van der Waals surface area contributed by atoms with Gasteiger partial charge in [-0.3, -0.25) is 14.7 Å². The molecule has 5 rings (SSSR count). The van der Waals surface area contributed by atoms with Crippen molar-refractivity contribution in [3.05, 3.63) is 120 Å². The molecule has 1 aromatic heterocycles. The Labute approximate surface area is 214 Å². The van der Waals surface area contributed by atoms with Gasteiger partial charge in [-0.05, 0) is 29.8 Å². The summed E-state index contributed by atoms with van der Waals surface area (Å²) in [6, 6.07) is 31.2. The lowest BCUT2D eigenvalue weighted by Crippen LogP contribution is -2.19. The molecule has 0 aliphatic heterocycles. The number of benzene rings is 4. The van der Waals surface area contributed by atoms with Crippen LogP contribution in [0.3, 0.4) is 0 Å². The molecule has 4 aromatic carbocycles. The smallest absolute Gasteiger partial charge is 0.230 e. The number of carbonyl (C=O) groups is 2. The van der Waals surface area contributed by atoms with Crippen LogP contribution in [0.25, 0.3) is 10.9 Å². The zero-order chi connectivity index (χ0) is 25.6. The number of rotatable bonds is 9. The van der Waals surface area contributed by atoms with Crippen molar-refractivity contribution >= 4 is 28.4 Å². The van der Waals surface area contributed by atoms with Crippen LogP contribution in [0.15, 0.2) is 103 Å². The number of hydrogen-bond donors (Lipinski definition) is 2. The lowest BCUT2D eigenvalue weighted by Gasteiger charge is -2.19. The van der Waals surface area contributed by atoms with Crippen molar-refractivity contribution in [3.8, 4) is 11.5 Å². The van der Waals surface area contributed by atoms with E-state index >= 15 is 0 Å². The first-order valence-corrected chi connectivity index (χ1v) is 11.8. The molecule has 0 saturated heterocycles. The van der Waals surface area contributed by atoms with Gasteiger partial charge in [0.15, 0.2) is 11.9 Å². The average Bonchev–Trinajstić information content (AvgIpc) is 3.34. The van der Waals surface area contributed by atoms with E-state index in [0.717, 1.165) is 22.3 Å². The van der Waals surface area contributed by atoms with Gasteiger partial charge in [-0.25, -0.2) is 0 Å². The average molecular weight is 492 g/mol. The van der Waals surface area contributed by atoms with Crippen molar-refractivity contribution in [1.82, 2.24) is 10.2 Å². The molecule has 0 saturated carbocycles. The second-order valence-corrected chi connectivity index (χ2v) is 8.49. The van der Waals surface area contributed by atoms with Gasteiger partial charge in [0.2, 0.25) is 11.7 Å². The fourth-order valence-electron chi connectivity index (χ4n) is 4.06. The van der Waals surface area contributed by atoms with Crippen LogP contribution >= 0.6 is 0 Å². The van der Waals surface area contributed by atoms with Crippen molar-refractivity contribution < 1.29 is 19.1 Å². The van der Waals surface area contributed by atoms with Crippen LogP contribution in [0.4, 0.5) is 5.82 Å². The van der Waals surface area contributed by atoms with Gasteiger partial charge in [-0.1, -0.05) is 72.8 Å². The normalized spacial score (nSPS) is 11.6. The molecular formula is C30H25N3O4. The number of fused-ring (bicyclic) bond motifs is 1. The maximum absolute atomic E-state index is 13.3. The zero-order valence-corrected chi connectivity index (χ0v) is 20.2. The molecule has 7 nitrogen and oxygen atoms in total. The van der Waals surface area contributed by atoms with E-state index in [4.69, 9.17) is 9.47 Å². The molecule has 7 heteroatoms. The van der Waals surface area contributed by atoms with Crippen LogP contribution in [-0.4, -0.2) is 29.0 Å². The highest BCUT2D eigenvalue weighted by Crippen LogP contribution is 2.30. The highest BCUT2D eigenvalue weighted by atomic mass is 16.5. The molecule has 1 unspecified atom stereocenters. The molecule has 1 heterocycles.